The van der Waals surface area contributed by atoms with E-state index in [1.54, 1.807) is 13.2 Å². The molecule has 0 amide bonds. The Morgan fingerprint density at radius 1 is 1.41 bits per heavy atom. The smallest absolute Gasteiger partial charge is 0.354 e. The van der Waals surface area contributed by atoms with Crippen LogP contribution in [0.5, 0.6) is 5.88 Å². The molecule has 1 aromatic heterocycles. The lowest BCUT2D eigenvalue weighted by atomic mass is 10.1. The molecule has 120 valence electrons. The van der Waals surface area contributed by atoms with Gasteiger partial charge in [0, 0.05) is 26.8 Å². The lowest BCUT2D eigenvalue weighted by Gasteiger charge is -2.40. The van der Waals surface area contributed by atoms with Crippen molar-refractivity contribution in [2.45, 2.75) is 12.5 Å². The topological polar surface area (TPSA) is 92.1 Å². The minimum atomic E-state index is -1.07. The molecule has 2 aliphatic rings. The van der Waals surface area contributed by atoms with Gasteiger partial charge in [-0.2, -0.15) is 0 Å². The first-order valence-corrected chi connectivity index (χ1v) is 7.38. The summed E-state index contributed by atoms with van der Waals surface area (Å²) in [5, 5.41) is 18.1. The van der Waals surface area contributed by atoms with Gasteiger partial charge in [0.2, 0.25) is 5.88 Å². The third-order valence-electron chi connectivity index (χ3n) is 4.32. The van der Waals surface area contributed by atoms with Gasteiger partial charge in [-0.05, 0) is 30.4 Å². The highest BCUT2D eigenvalue weighted by molar-refractivity contribution is 5.86. The lowest BCUT2D eigenvalue weighted by Crippen LogP contribution is -2.52. The molecule has 2 fully saturated rings. The van der Waals surface area contributed by atoms with Gasteiger partial charge in [-0.3, -0.25) is 0 Å². The van der Waals surface area contributed by atoms with Crippen molar-refractivity contribution in [2.75, 3.05) is 38.3 Å². The van der Waals surface area contributed by atoms with E-state index in [1.807, 2.05) is 0 Å². The number of rotatable bonds is 7. The summed E-state index contributed by atoms with van der Waals surface area (Å²) >= 11 is 0. The third-order valence-corrected chi connectivity index (χ3v) is 4.32. The summed E-state index contributed by atoms with van der Waals surface area (Å²) in [5.41, 5.74) is 0.761. The highest BCUT2D eigenvalue weighted by Gasteiger charge is 2.37. The Hall–Kier alpha value is -1.86. The second-order valence-electron chi connectivity index (χ2n) is 5.84. The number of nitrogens with zero attached hydrogens (tertiary/aromatic N) is 2. The van der Waals surface area contributed by atoms with Crippen LogP contribution in [0.2, 0.25) is 0 Å². The summed E-state index contributed by atoms with van der Waals surface area (Å²) in [6, 6.07) is 3.21. The molecular weight excluding hydrogens is 288 g/mol. The van der Waals surface area contributed by atoms with Crippen LogP contribution in [0.3, 0.4) is 0 Å². The number of aromatic carboxylic acids is 1. The number of hydrogen-bond donors (Lipinski definition) is 2. The van der Waals surface area contributed by atoms with Crippen LogP contribution in [0.4, 0.5) is 5.69 Å². The Labute approximate surface area is 128 Å². The Morgan fingerprint density at radius 3 is 2.77 bits per heavy atom. The van der Waals surface area contributed by atoms with Gasteiger partial charge in [-0.15, -0.1) is 0 Å². The van der Waals surface area contributed by atoms with E-state index in [0.717, 1.165) is 25.2 Å². The van der Waals surface area contributed by atoms with Gasteiger partial charge < -0.3 is 24.6 Å². The minimum Gasteiger partial charge on any atom is -0.477 e. The van der Waals surface area contributed by atoms with E-state index in [-0.39, 0.29) is 18.4 Å². The number of anilines is 1. The second-order valence-corrected chi connectivity index (χ2v) is 5.84. The average molecular weight is 308 g/mol. The zero-order valence-electron chi connectivity index (χ0n) is 12.4. The molecule has 1 saturated carbocycles. The van der Waals surface area contributed by atoms with Crippen molar-refractivity contribution >= 4 is 11.7 Å². The number of methoxy groups -OCH3 is 1. The lowest BCUT2D eigenvalue weighted by molar-refractivity contribution is 0.0687. The molecule has 0 bridgehead atoms. The van der Waals surface area contributed by atoms with E-state index >= 15 is 0 Å². The Balaban J connectivity index is 1.72. The maximum absolute atomic E-state index is 11.1. The maximum Gasteiger partial charge on any atom is 0.354 e. The van der Waals surface area contributed by atoms with Crippen LogP contribution in [-0.4, -0.2) is 60.7 Å². The highest BCUT2D eigenvalue weighted by Crippen LogP contribution is 2.39. The molecule has 3 rings (SSSR count). The van der Waals surface area contributed by atoms with Crippen molar-refractivity contribution in [3.05, 3.63) is 17.8 Å². The molecule has 7 heteroatoms. The zero-order valence-corrected chi connectivity index (χ0v) is 12.4. The van der Waals surface area contributed by atoms with Crippen molar-refractivity contribution in [1.82, 2.24) is 4.98 Å². The average Bonchev–Trinajstić information content (AvgIpc) is 3.23. The summed E-state index contributed by atoms with van der Waals surface area (Å²) in [4.78, 5) is 17.2. The molecule has 0 radical (unpaired) electrons. The van der Waals surface area contributed by atoms with E-state index in [9.17, 15) is 4.79 Å². The third kappa shape index (κ3) is 3.00. The number of carboxylic acids is 1. The first kappa shape index (κ1) is 15.1. The van der Waals surface area contributed by atoms with Gasteiger partial charge in [0.1, 0.15) is 5.69 Å². The van der Waals surface area contributed by atoms with Crippen LogP contribution >= 0.6 is 0 Å². The number of hydrogen-bond acceptors (Lipinski definition) is 6. The van der Waals surface area contributed by atoms with E-state index in [1.165, 1.54) is 6.07 Å². The van der Waals surface area contributed by atoms with E-state index in [4.69, 9.17) is 19.7 Å². The maximum atomic E-state index is 11.1. The summed E-state index contributed by atoms with van der Waals surface area (Å²) in [6.07, 6.45) is 1.13. The molecule has 1 saturated heterocycles. The van der Waals surface area contributed by atoms with Gasteiger partial charge in [0.05, 0.1) is 12.7 Å². The van der Waals surface area contributed by atoms with Gasteiger partial charge in [0.15, 0.2) is 5.69 Å². The Bertz CT molecular complexity index is 559. The van der Waals surface area contributed by atoms with Crippen LogP contribution in [0, 0.1) is 11.8 Å². The van der Waals surface area contributed by atoms with Crippen LogP contribution in [0.15, 0.2) is 12.1 Å². The standard InChI is InChI=1S/C15H20N2O5/c1-21-11-5-17(6-11)13-3-2-12(15(19)20)16-14(13)22-8-10-4-9(10)7-18/h2-3,9-11,18H,4-8H2,1H3,(H,19,20)/t9-,10?/m1/s1. The van der Waals surface area contributed by atoms with Crippen LogP contribution in [0.25, 0.3) is 0 Å². The molecule has 2 N–H and O–H groups in total. The van der Waals surface area contributed by atoms with Gasteiger partial charge in [-0.25, -0.2) is 9.78 Å². The normalized spacial score (nSPS) is 24.0. The van der Waals surface area contributed by atoms with E-state index in [0.29, 0.717) is 24.3 Å². The van der Waals surface area contributed by atoms with Gasteiger partial charge in [0.25, 0.3) is 0 Å². The molecule has 0 aromatic carbocycles. The monoisotopic (exact) mass is 308 g/mol. The van der Waals surface area contributed by atoms with Crippen molar-refractivity contribution in [2.24, 2.45) is 11.8 Å². The van der Waals surface area contributed by atoms with Crippen molar-refractivity contribution in [1.29, 1.82) is 0 Å². The summed E-state index contributed by atoms with van der Waals surface area (Å²) in [5.74, 6) is -0.100. The van der Waals surface area contributed by atoms with Crippen LogP contribution < -0.4 is 9.64 Å². The molecule has 1 aliphatic heterocycles. The van der Waals surface area contributed by atoms with Gasteiger partial charge >= 0.3 is 5.97 Å². The largest absolute Gasteiger partial charge is 0.477 e. The van der Waals surface area contributed by atoms with E-state index in [2.05, 4.69) is 9.88 Å². The highest BCUT2D eigenvalue weighted by atomic mass is 16.5. The molecule has 7 nitrogen and oxygen atoms in total. The molecule has 1 aliphatic carbocycles. The first-order valence-electron chi connectivity index (χ1n) is 7.38. The van der Waals surface area contributed by atoms with Crippen LogP contribution in [0.1, 0.15) is 16.9 Å². The molecule has 2 heterocycles. The zero-order chi connectivity index (χ0) is 15.7. The minimum absolute atomic E-state index is 0.0305. The Kier molecular flexibility index (Phi) is 4.17. The number of pyridine rings is 1. The van der Waals surface area contributed by atoms with E-state index < -0.39 is 5.97 Å². The summed E-state index contributed by atoms with van der Waals surface area (Å²) < 4.78 is 11.0. The second kappa shape index (κ2) is 6.10. The fraction of sp³-hybridized carbons (Fsp3) is 0.600. The number of carboxylic acid groups (broad SMARTS) is 1. The first-order chi connectivity index (χ1) is 10.6. The number of aliphatic hydroxyl groups excluding tert-OH is 1. The molecular formula is C15H20N2O5. The fourth-order valence-corrected chi connectivity index (χ4v) is 2.61. The summed E-state index contributed by atoms with van der Waals surface area (Å²) in [6.45, 7) is 2.11. The van der Waals surface area contributed by atoms with Crippen molar-refractivity contribution < 1.29 is 24.5 Å². The molecule has 1 aromatic rings. The van der Waals surface area contributed by atoms with Crippen molar-refractivity contribution in [3.63, 3.8) is 0 Å². The van der Waals surface area contributed by atoms with Crippen LogP contribution in [-0.2, 0) is 4.74 Å². The van der Waals surface area contributed by atoms with Crippen molar-refractivity contribution in [3.8, 4) is 5.88 Å². The number of carbonyl (C=O) groups is 1. The van der Waals surface area contributed by atoms with Gasteiger partial charge in [-0.1, -0.05) is 0 Å². The quantitative estimate of drug-likeness (QED) is 0.763. The number of ether oxygens (including phenoxy) is 2. The fourth-order valence-electron chi connectivity index (χ4n) is 2.61. The summed E-state index contributed by atoms with van der Waals surface area (Å²) in [7, 11) is 1.67. The Morgan fingerprint density at radius 2 is 2.18 bits per heavy atom. The molecule has 0 spiro atoms. The predicted molar refractivity (Wildman–Crippen MR) is 78.4 cm³/mol. The number of aliphatic hydroxyl groups is 1. The number of aromatic nitrogens is 1. The molecule has 1 unspecified atom stereocenters. The molecule has 2 atom stereocenters. The SMILES string of the molecule is COC1CN(c2ccc(C(=O)O)nc2OCC2C[C@@H]2CO)C1. The predicted octanol–water partition coefficient (Wildman–Crippen LogP) is 0.622. The molecule has 22 heavy (non-hydrogen) atoms.